The first kappa shape index (κ1) is 36.5. The predicted octanol–water partition coefficient (Wildman–Crippen LogP) is 10.4. The van der Waals surface area contributed by atoms with Crippen LogP contribution in [0.1, 0.15) is 115 Å². The van der Waals surface area contributed by atoms with Crippen molar-refractivity contribution in [1.29, 1.82) is 0 Å². The van der Waals surface area contributed by atoms with Crippen molar-refractivity contribution < 1.29 is 21.6 Å². The second-order valence-corrected chi connectivity index (χ2v) is 16.8. The van der Waals surface area contributed by atoms with Crippen LogP contribution in [-0.4, -0.2) is 26.0 Å². The second kappa shape index (κ2) is 17.7. The molecule has 0 unspecified atom stereocenters. The fourth-order valence-electron chi connectivity index (χ4n) is 6.22. The summed E-state index contributed by atoms with van der Waals surface area (Å²) in [5.74, 6) is 0. The van der Waals surface area contributed by atoms with E-state index in [1.54, 1.807) is 12.1 Å². The van der Waals surface area contributed by atoms with Crippen molar-refractivity contribution in [2.75, 3.05) is 0 Å². The maximum absolute atomic E-state index is 13.6. The molecule has 0 heterocycles. The third-order valence-corrected chi connectivity index (χ3v) is 13.2. The summed E-state index contributed by atoms with van der Waals surface area (Å²) in [5, 5.41) is 3.08. The Bertz CT molecular complexity index is 1780. The van der Waals surface area contributed by atoms with Gasteiger partial charge < -0.3 is 5.53 Å². The predicted molar refractivity (Wildman–Crippen MR) is 194 cm³/mol. The minimum Gasteiger partial charge on any atom is -0.359 e. The highest BCUT2D eigenvalue weighted by Crippen LogP contribution is 2.28. The van der Waals surface area contributed by atoms with Crippen molar-refractivity contribution >= 4 is 45.6 Å². The van der Waals surface area contributed by atoms with E-state index in [1.165, 1.54) is 112 Å². The van der Waals surface area contributed by atoms with Crippen LogP contribution in [0.15, 0.2) is 82.6 Å². The molecule has 0 aliphatic heterocycles. The number of rotatable bonds is 18. The molecule has 0 spiro atoms. The van der Waals surface area contributed by atoms with Crippen LogP contribution < -0.4 is 0 Å². The Labute approximate surface area is 282 Å². The number of hydrogen-bond acceptors (Lipinski definition) is 4. The number of fused-ring (bicyclic) bond motifs is 2. The van der Waals surface area contributed by atoms with Gasteiger partial charge in [-0.05, 0) is 82.6 Å². The molecule has 6 nitrogen and oxygen atoms in total. The van der Waals surface area contributed by atoms with Gasteiger partial charge in [0.05, 0.1) is 9.79 Å². The Hall–Kier alpha value is -3.32. The standard InChI is InChI=1S/C39H50N2O4S2/c1-3-5-7-9-11-13-15-17-31-19-21-35-29-37(25-23-33(35)27-31)46(42,43)39(41-40)47(44,45)38-26-24-34-28-32(20-22-36(34)30-38)18-16-14-12-10-8-6-4-2/h19-30H,3-18H2,1-2H3. The van der Waals surface area contributed by atoms with Crippen LogP contribution in [-0.2, 0) is 32.5 Å². The lowest BCUT2D eigenvalue weighted by Gasteiger charge is -2.08. The molecule has 4 aromatic carbocycles. The lowest BCUT2D eigenvalue weighted by atomic mass is 10.0. The van der Waals surface area contributed by atoms with Gasteiger partial charge in [0.25, 0.3) is 19.7 Å². The number of aryl methyl sites for hydroxylation is 2. The van der Waals surface area contributed by atoms with Crippen molar-refractivity contribution in [3.05, 3.63) is 89.5 Å². The van der Waals surface area contributed by atoms with Crippen LogP contribution in [0.25, 0.3) is 27.1 Å². The smallest absolute Gasteiger partial charge is 0.359 e. The van der Waals surface area contributed by atoms with Gasteiger partial charge in [0.15, 0.2) is 0 Å². The molecular formula is C39H50N2O4S2. The van der Waals surface area contributed by atoms with Gasteiger partial charge in [-0.25, -0.2) is 16.8 Å². The van der Waals surface area contributed by atoms with Crippen LogP contribution >= 0.6 is 0 Å². The topological polar surface area (TPSA) is 105 Å². The summed E-state index contributed by atoms with van der Waals surface area (Å²) in [6.07, 6.45) is 19.2. The molecule has 4 rings (SSSR count). The van der Waals surface area contributed by atoms with E-state index in [0.29, 0.717) is 10.8 Å². The highest BCUT2D eigenvalue weighted by atomic mass is 32.3. The van der Waals surface area contributed by atoms with Gasteiger partial charge in [-0.2, -0.15) is 0 Å². The SMILES string of the molecule is CCCCCCCCCc1ccc2cc(S(=O)(=O)C(=[N+]=[N-])S(=O)(=O)c3ccc4cc(CCCCCCCCC)ccc4c3)ccc2c1. The first-order valence-corrected chi connectivity index (χ1v) is 20.4. The molecule has 0 aromatic heterocycles. The Morgan fingerprint density at radius 3 is 1.21 bits per heavy atom. The molecule has 0 amide bonds. The minimum absolute atomic E-state index is 0.239. The number of hydrogen-bond donors (Lipinski definition) is 0. The van der Waals surface area contributed by atoms with E-state index in [2.05, 4.69) is 30.8 Å². The fourth-order valence-corrected chi connectivity index (χ4v) is 9.63. The van der Waals surface area contributed by atoms with E-state index in [4.69, 9.17) is 0 Å². The lowest BCUT2D eigenvalue weighted by molar-refractivity contribution is 0.00380. The van der Waals surface area contributed by atoms with Gasteiger partial charge in [-0.15, -0.1) is 4.79 Å². The van der Waals surface area contributed by atoms with Crippen molar-refractivity contribution in [2.45, 2.75) is 126 Å². The molecule has 252 valence electrons. The van der Waals surface area contributed by atoms with Crippen LogP contribution in [0.5, 0.6) is 0 Å². The molecule has 0 bridgehead atoms. The van der Waals surface area contributed by atoms with Crippen LogP contribution in [0.2, 0.25) is 0 Å². The number of unbranched alkanes of at least 4 members (excludes halogenated alkanes) is 12. The molecule has 8 heteroatoms. The Balaban J connectivity index is 1.44. The summed E-state index contributed by atoms with van der Waals surface area (Å²) >= 11 is 0. The normalized spacial score (nSPS) is 12.0. The Morgan fingerprint density at radius 1 is 0.489 bits per heavy atom. The van der Waals surface area contributed by atoms with Gasteiger partial charge in [0.2, 0.25) is 0 Å². The maximum Gasteiger partial charge on any atom is 0.504 e. The third kappa shape index (κ3) is 9.85. The van der Waals surface area contributed by atoms with E-state index in [1.807, 2.05) is 24.3 Å². The van der Waals surface area contributed by atoms with Gasteiger partial charge in [0.1, 0.15) is 0 Å². The Morgan fingerprint density at radius 2 is 0.830 bits per heavy atom. The summed E-state index contributed by atoms with van der Waals surface area (Å²) in [4.78, 5) is 2.37. The average molecular weight is 675 g/mol. The van der Waals surface area contributed by atoms with Crippen LogP contribution in [0, 0.1) is 0 Å². The molecule has 0 aliphatic rings. The minimum atomic E-state index is -4.65. The summed E-state index contributed by atoms with van der Waals surface area (Å²) in [6, 6.07) is 20.8. The maximum atomic E-state index is 13.6. The largest absolute Gasteiger partial charge is 0.504 e. The average Bonchev–Trinajstić information content (AvgIpc) is 3.07. The van der Waals surface area contributed by atoms with Gasteiger partial charge in [-0.1, -0.05) is 139 Å². The monoisotopic (exact) mass is 674 g/mol. The zero-order valence-corrected chi connectivity index (χ0v) is 29.7. The molecular weight excluding hydrogens is 625 g/mol. The van der Waals surface area contributed by atoms with Crippen LogP contribution in [0.4, 0.5) is 0 Å². The molecule has 0 radical (unpaired) electrons. The Kier molecular flexibility index (Phi) is 13.8. The van der Waals surface area contributed by atoms with E-state index in [-0.39, 0.29) is 9.79 Å². The van der Waals surface area contributed by atoms with Crippen molar-refractivity contribution in [2.24, 2.45) is 0 Å². The molecule has 47 heavy (non-hydrogen) atoms. The molecule has 0 atom stereocenters. The van der Waals surface area contributed by atoms with E-state index < -0.39 is 24.1 Å². The molecule has 4 aromatic rings. The molecule has 0 saturated carbocycles. The van der Waals surface area contributed by atoms with Crippen molar-refractivity contribution in [1.82, 2.24) is 0 Å². The molecule has 0 N–H and O–H groups in total. The zero-order chi connectivity index (χ0) is 33.7. The molecule has 0 saturated heterocycles. The molecule has 0 aliphatic carbocycles. The van der Waals surface area contributed by atoms with Crippen molar-refractivity contribution in [3.8, 4) is 0 Å². The fraction of sp³-hybridized carbons (Fsp3) is 0.462. The van der Waals surface area contributed by atoms with E-state index in [0.717, 1.165) is 36.5 Å². The second-order valence-electron chi connectivity index (χ2n) is 12.8. The van der Waals surface area contributed by atoms with E-state index >= 15 is 0 Å². The van der Waals surface area contributed by atoms with Gasteiger partial charge >= 0.3 is 4.38 Å². The lowest BCUT2D eigenvalue weighted by Crippen LogP contribution is -2.26. The van der Waals surface area contributed by atoms with Gasteiger partial charge in [-0.3, -0.25) is 0 Å². The number of benzene rings is 4. The highest BCUT2D eigenvalue weighted by molar-refractivity contribution is 8.31. The van der Waals surface area contributed by atoms with E-state index in [9.17, 15) is 22.4 Å². The quantitative estimate of drug-likeness (QED) is 0.0344. The molecule has 0 fully saturated rings. The highest BCUT2D eigenvalue weighted by Gasteiger charge is 2.44. The summed E-state index contributed by atoms with van der Waals surface area (Å²) in [7, 11) is -9.31. The van der Waals surface area contributed by atoms with Crippen LogP contribution in [0.3, 0.4) is 0 Å². The van der Waals surface area contributed by atoms with Crippen molar-refractivity contribution in [3.63, 3.8) is 0 Å². The summed E-state index contributed by atoms with van der Waals surface area (Å²) in [5.41, 5.74) is 12.1. The summed E-state index contributed by atoms with van der Waals surface area (Å²) in [6.45, 7) is 4.44. The number of sulfone groups is 2. The number of nitrogens with zero attached hydrogens (tertiary/aromatic N) is 2. The first-order chi connectivity index (χ1) is 22.7. The summed E-state index contributed by atoms with van der Waals surface area (Å²) < 4.78 is 53.1. The first-order valence-electron chi connectivity index (χ1n) is 17.5. The zero-order valence-electron chi connectivity index (χ0n) is 28.1. The van der Waals surface area contributed by atoms with Gasteiger partial charge in [0, 0.05) is 0 Å². The third-order valence-electron chi connectivity index (χ3n) is 9.05.